The van der Waals surface area contributed by atoms with Crippen LogP contribution in [0.1, 0.15) is 51.9 Å². The average molecular weight is 467 g/mol. The van der Waals surface area contributed by atoms with Gasteiger partial charge in [0.15, 0.2) is 5.16 Å². The van der Waals surface area contributed by atoms with Crippen molar-refractivity contribution in [3.63, 3.8) is 0 Å². The molecule has 0 bridgehead atoms. The van der Waals surface area contributed by atoms with Crippen molar-refractivity contribution in [2.45, 2.75) is 42.8 Å². The predicted molar refractivity (Wildman–Crippen MR) is 125 cm³/mol. The summed E-state index contributed by atoms with van der Waals surface area (Å²) in [6, 6.07) is 10.6. The van der Waals surface area contributed by atoms with Crippen molar-refractivity contribution in [3.05, 3.63) is 65.7 Å². The van der Waals surface area contributed by atoms with Crippen molar-refractivity contribution < 1.29 is 14.7 Å². The van der Waals surface area contributed by atoms with Crippen LogP contribution >= 0.6 is 11.8 Å². The van der Waals surface area contributed by atoms with Crippen molar-refractivity contribution in [3.8, 4) is 0 Å². The molecule has 0 unspecified atom stereocenters. The molecule has 9 nitrogen and oxygen atoms in total. The van der Waals surface area contributed by atoms with Gasteiger partial charge in [-0.3, -0.25) is 14.6 Å². The summed E-state index contributed by atoms with van der Waals surface area (Å²) in [6.07, 6.45) is 3.14. The molecule has 2 aromatic heterocycles. The number of aliphatic hydroxyl groups excluding tert-OH is 1. The minimum atomic E-state index is -0.518. The van der Waals surface area contributed by atoms with E-state index >= 15 is 0 Å². The van der Waals surface area contributed by atoms with E-state index < -0.39 is 12.0 Å². The van der Waals surface area contributed by atoms with E-state index in [1.165, 1.54) is 12.3 Å². The summed E-state index contributed by atoms with van der Waals surface area (Å²) < 4.78 is 1.86. The first kappa shape index (κ1) is 22.9. The maximum Gasteiger partial charge on any atom is 0.274 e. The first-order chi connectivity index (χ1) is 15.8. The molecule has 172 valence electrons. The highest BCUT2D eigenvalue weighted by Gasteiger charge is 2.32. The molecular formula is C23H26N6O3S. The Morgan fingerprint density at radius 1 is 1.27 bits per heavy atom. The first-order valence-electron chi connectivity index (χ1n) is 10.7. The minimum absolute atomic E-state index is 0.0536. The van der Waals surface area contributed by atoms with Crippen molar-refractivity contribution in [1.82, 2.24) is 24.6 Å². The number of likely N-dealkylation sites (tertiary alicyclic amines) is 1. The Hall–Kier alpha value is -3.24. The molecule has 2 N–H and O–H groups in total. The highest BCUT2D eigenvalue weighted by atomic mass is 32.2. The standard InChI is InChI=1S/C23H26N6O3S/c1-14-9-19(30)12-29(14)22(32)17-7-8-24-20(11-17)21(31)26-18-6-4-5-16(10-18)15(2)33-23-27-25-13-28(23)3/h4-8,10-11,13-15,19,30H,9,12H2,1-3H3,(H,26,31)/t14-,15+,19-/m1/s1. The number of carbonyl (C=O) groups is 2. The van der Waals surface area contributed by atoms with E-state index in [1.54, 1.807) is 29.1 Å². The van der Waals surface area contributed by atoms with Crippen LogP contribution in [0.3, 0.4) is 0 Å². The normalized spacial score (nSPS) is 18.8. The van der Waals surface area contributed by atoms with Crippen molar-refractivity contribution in [2.75, 3.05) is 11.9 Å². The molecule has 3 atom stereocenters. The minimum Gasteiger partial charge on any atom is -0.391 e. The van der Waals surface area contributed by atoms with E-state index in [9.17, 15) is 14.7 Å². The molecule has 3 heterocycles. The number of amides is 2. The number of aliphatic hydroxyl groups is 1. The summed E-state index contributed by atoms with van der Waals surface area (Å²) in [7, 11) is 1.89. The Morgan fingerprint density at radius 2 is 2.09 bits per heavy atom. The first-order valence-corrected chi connectivity index (χ1v) is 11.6. The van der Waals surface area contributed by atoms with Crippen LogP contribution in [0.5, 0.6) is 0 Å². The third-order valence-electron chi connectivity index (χ3n) is 5.62. The number of pyridine rings is 1. The largest absolute Gasteiger partial charge is 0.391 e. The quantitative estimate of drug-likeness (QED) is 0.537. The fraction of sp³-hybridized carbons (Fsp3) is 0.348. The molecule has 0 saturated carbocycles. The molecule has 1 fully saturated rings. The summed E-state index contributed by atoms with van der Waals surface area (Å²) in [5.74, 6) is -0.614. The van der Waals surface area contributed by atoms with Gasteiger partial charge in [-0.2, -0.15) is 0 Å². The lowest BCUT2D eigenvalue weighted by molar-refractivity contribution is 0.0726. The Morgan fingerprint density at radius 3 is 2.79 bits per heavy atom. The number of β-amino-alcohol motifs (C(OH)–C–C–N with tert-alkyl or cyclic N) is 1. The zero-order chi connectivity index (χ0) is 23.5. The second kappa shape index (κ2) is 9.72. The number of thioether (sulfide) groups is 1. The van der Waals surface area contributed by atoms with E-state index in [0.717, 1.165) is 10.7 Å². The van der Waals surface area contributed by atoms with Crippen LogP contribution in [0.25, 0.3) is 0 Å². The molecule has 1 saturated heterocycles. The predicted octanol–water partition coefficient (Wildman–Crippen LogP) is 2.91. The number of hydrogen-bond acceptors (Lipinski definition) is 7. The summed E-state index contributed by atoms with van der Waals surface area (Å²) >= 11 is 1.58. The Kier molecular flexibility index (Phi) is 6.75. The molecule has 1 aromatic carbocycles. The molecule has 1 aliphatic rings. The number of benzene rings is 1. The van der Waals surface area contributed by atoms with E-state index in [0.29, 0.717) is 24.2 Å². The summed E-state index contributed by atoms with van der Waals surface area (Å²) in [5.41, 5.74) is 2.19. The fourth-order valence-electron chi connectivity index (χ4n) is 3.81. The van der Waals surface area contributed by atoms with E-state index in [1.807, 2.05) is 42.8 Å². The van der Waals surface area contributed by atoms with Gasteiger partial charge in [0.25, 0.3) is 11.8 Å². The van der Waals surface area contributed by atoms with Crippen molar-refractivity contribution in [1.29, 1.82) is 0 Å². The van der Waals surface area contributed by atoms with Gasteiger partial charge in [-0.25, -0.2) is 0 Å². The highest BCUT2D eigenvalue weighted by molar-refractivity contribution is 7.99. The second-order valence-electron chi connectivity index (χ2n) is 8.19. The number of aromatic nitrogens is 4. The van der Waals surface area contributed by atoms with E-state index in [-0.39, 0.29) is 22.9 Å². The number of anilines is 1. The maximum absolute atomic E-state index is 12.9. The van der Waals surface area contributed by atoms with Gasteiger partial charge in [0.2, 0.25) is 0 Å². The van der Waals surface area contributed by atoms with Gasteiger partial charge >= 0.3 is 0 Å². The molecule has 33 heavy (non-hydrogen) atoms. The number of rotatable bonds is 6. The zero-order valence-electron chi connectivity index (χ0n) is 18.7. The Labute approximate surface area is 196 Å². The van der Waals surface area contributed by atoms with Gasteiger partial charge in [-0.1, -0.05) is 23.9 Å². The van der Waals surface area contributed by atoms with Gasteiger partial charge < -0.3 is 19.9 Å². The summed E-state index contributed by atoms with van der Waals surface area (Å²) in [4.78, 5) is 31.5. The molecular weight excluding hydrogens is 440 g/mol. The van der Waals surface area contributed by atoms with E-state index in [2.05, 4.69) is 27.4 Å². The zero-order valence-corrected chi connectivity index (χ0v) is 19.5. The van der Waals surface area contributed by atoms with Crippen LogP contribution in [0.15, 0.2) is 54.1 Å². The van der Waals surface area contributed by atoms with Crippen LogP contribution in [0.4, 0.5) is 5.69 Å². The number of hydrogen-bond donors (Lipinski definition) is 2. The van der Waals surface area contributed by atoms with Gasteiger partial charge in [0.05, 0.1) is 6.10 Å². The van der Waals surface area contributed by atoms with Crippen LogP contribution in [0.2, 0.25) is 0 Å². The van der Waals surface area contributed by atoms with Crippen molar-refractivity contribution in [2.24, 2.45) is 7.05 Å². The topological polar surface area (TPSA) is 113 Å². The van der Waals surface area contributed by atoms with Crippen LogP contribution in [0, 0.1) is 0 Å². The molecule has 0 radical (unpaired) electrons. The average Bonchev–Trinajstić information content (AvgIpc) is 3.37. The van der Waals surface area contributed by atoms with Gasteiger partial charge in [0.1, 0.15) is 12.0 Å². The maximum atomic E-state index is 12.9. The van der Waals surface area contributed by atoms with Gasteiger partial charge in [-0.15, -0.1) is 10.2 Å². The van der Waals surface area contributed by atoms with Crippen LogP contribution in [-0.4, -0.2) is 60.3 Å². The molecule has 10 heteroatoms. The highest BCUT2D eigenvalue weighted by Crippen LogP contribution is 2.34. The Bertz CT molecular complexity index is 1170. The summed E-state index contributed by atoms with van der Waals surface area (Å²) in [6.45, 7) is 4.26. The number of nitrogens with one attached hydrogen (secondary N) is 1. The molecule has 2 amide bonds. The van der Waals surface area contributed by atoms with E-state index in [4.69, 9.17) is 0 Å². The molecule has 0 aliphatic carbocycles. The number of aryl methyl sites for hydroxylation is 1. The lowest BCUT2D eigenvalue weighted by Crippen LogP contribution is -2.34. The molecule has 4 rings (SSSR count). The van der Waals surface area contributed by atoms with Crippen LogP contribution < -0.4 is 5.32 Å². The molecule has 0 spiro atoms. The van der Waals surface area contributed by atoms with Crippen molar-refractivity contribution >= 4 is 29.3 Å². The lowest BCUT2D eigenvalue weighted by atomic mass is 10.1. The third kappa shape index (κ3) is 5.23. The molecule has 1 aliphatic heterocycles. The monoisotopic (exact) mass is 466 g/mol. The molecule has 3 aromatic rings. The van der Waals surface area contributed by atoms with Gasteiger partial charge in [-0.05, 0) is 50.1 Å². The SMILES string of the molecule is C[C@H](Sc1nncn1C)c1cccc(NC(=O)c2cc(C(=O)N3C[C@H](O)C[C@H]3C)ccn2)c1. The Balaban J connectivity index is 1.45. The third-order valence-corrected chi connectivity index (χ3v) is 6.83. The second-order valence-corrected chi connectivity index (χ2v) is 9.50. The lowest BCUT2D eigenvalue weighted by Gasteiger charge is -2.21. The fourth-order valence-corrected chi connectivity index (χ4v) is 4.72. The number of carbonyl (C=O) groups excluding carboxylic acids is 2. The summed E-state index contributed by atoms with van der Waals surface area (Å²) in [5, 5.41) is 21.6. The van der Waals surface area contributed by atoms with Gasteiger partial charge in [0, 0.05) is 42.3 Å². The number of nitrogens with zero attached hydrogens (tertiary/aromatic N) is 5. The van der Waals surface area contributed by atoms with Crippen LogP contribution in [-0.2, 0) is 7.05 Å². The smallest absolute Gasteiger partial charge is 0.274 e.